The molecule has 2 rings (SSSR count). The van der Waals surface area contributed by atoms with Crippen LogP contribution in [0.2, 0.25) is 0 Å². The van der Waals surface area contributed by atoms with Crippen molar-refractivity contribution in [1.29, 1.82) is 0 Å². The van der Waals surface area contributed by atoms with Crippen LogP contribution in [0.4, 0.5) is 13.2 Å². The Balaban J connectivity index is 2.36. The van der Waals surface area contributed by atoms with Gasteiger partial charge < -0.3 is 10.3 Å². The number of rotatable bonds is 4. The number of hydrogen-bond acceptors (Lipinski definition) is 4. The third kappa shape index (κ3) is 2.60. The van der Waals surface area contributed by atoms with Gasteiger partial charge in [-0.25, -0.2) is 13.2 Å². The lowest BCUT2D eigenvalue weighted by molar-refractivity contribution is 0.406. The van der Waals surface area contributed by atoms with Gasteiger partial charge in [0, 0.05) is 0 Å². The fraction of sp³-hybridized carbons (Fsp3) is 0.333. The maximum absolute atomic E-state index is 13.5. The topological polar surface area (TPSA) is 64.9 Å². The Morgan fingerprint density at radius 3 is 2.68 bits per heavy atom. The predicted octanol–water partition coefficient (Wildman–Crippen LogP) is 2.95. The molecular formula is C12H12F3N3O. The number of nitrogens with two attached hydrogens (primary N) is 1. The van der Waals surface area contributed by atoms with Crippen LogP contribution in [0.3, 0.4) is 0 Å². The molecule has 1 atom stereocenters. The van der Waals surface area contributed by atoms with Crippen molar-refractivity contribution in [3.63, 3.8) is 0 Å². The van der Waals surface area contributed by atoms with Crippen LogP contribution >= 0.6 is 0 Å². The zero-order valence-corrected chi connectivity index (χ0v) is 10.2. The maximum Gasteiger partial charge on any atom is 0.261 e. The van der Waals surface area contributed by atoms with Gasteiger partial charge in [-0.2, -0.15) is 4.98 Å². The van der Waals surface area contributed by atoms with E-state index >= 15 is 0 Å². The molecule has 0 aliphatic heterocycles. The number of halogens is 3. The van der Waals surface area contributed by atoms with Crippen molar-refractivity contribution >= 4 is 0 Å². The van der Waals surface area contributed by atoms with Gasteiger partial charge in [-0.1, -0.05) is 18.5 Å². The van der Waals surface area contributed by atoms with E-state index in [1.165, 1.54) is 0 Å². The predicted molar refractivity (Wildman–Crippen MR) is 61.4 cm³/mol. The molecule has 0 fully saturated rings. The molecule has 0 spiro atoms. The average Bonchev–Trinajstić information content (AvgIpc) is 2.86. The van der Waals surface area contributed by atoms with Gasteiger partial charge >= 0.3 is 0 Å². The molecule has 102 valence electrons. The van der Waals surface area contributed by atoms with Crippen LogP contribution in [-0.4, -0.2) is 10.1 Å². The third-order valence-corrected chi connectivity index (χ3v) is 2.64. The van der Waals surface area contributed by atoms with E-state index in [0.717, 1.165) is 18.6 Å². The first-order chi connectivity index (χ1) is 9.04. The van der Waals surface area contributed by atoms with Crippen molar-refractivity contribution in [3.8, 4) is 11.5 Å². The number of aromatic nitrogens is 2. The van der Waals surface area contributed by atoms with E-state index in [0.29, 0.717) is 6.42 Å². The maximum atomic E-state index is 13.5. The fourth-order valence-electron chi connectivity index (χ4n) is 1.63. The summed E-state index contributed by atoms with van der Waals surface area (Å²) in [5.41, 5.74) is 5.49. The van der Waals surface area contributed by atoms with Crippen LogP contribution in [0, 0.1) is 17.5 Å². The Hall–Kier alpha value is -1.89. The highest BCUT2D eigenvalue weighted by Gasteiger charge is 2.20. The van der Waals surface area contributed by atoms with Gasteiger partial charge in [0.05, 0.1) is 11.6 Å². The molecule has 0 aliphatic carbocycles. The lowest BCUT2D eigenvalue weighted by Gasteiger charge is -2.02. The molecule has 1 heterocycles. The number of benzene rings is 1. The molecule has 1 unspecified atom stereocenters. The summed E-state index contributed by atoms with van der Waals surface area (Å²) in [6, 6.07) is 1.40. The molecule has 0 bridgehead atoms. The Labute approximate surface area is 107 Å². The van der Waals surface area contributed by atoms with E-state index in [-0.39, 0.29) is 17.3 Å². The summed E-state index contributed by atoms with van der Waals surface area (Å²) in [5.74, 6) is -4.23. The molecular weight excluding hydrogens is 259 g/mol. The normalized spacial score (nSPS) is 12.7. The molecule has 0 aliphatic rings. The lowest BCUT2D eigenvalue weighted by atomic mass is 10.1. The van der Waals surface area contributed by atoms with Crippen molar-refractivity contribution in [2.75, 3.05) is 0 Å². The zero-order valence-electron chi connectivity index (χ0n) is 10.2. The second-order valence-electron chi connectivity index (χ2n) is 4.08. The second-order valence-corrected chi connectivity index (χ2v) is 4.08. The van der Waals surface area contributed by atoms with Crippen LogP contribution in [0.15, 0.2) is 16.7 Å². The molecule has 19 heavy (non-hydrogen) atoms. The Bertz CT molecular complexity index is 586. The van der Waals surface area contributed by atoms with Gasteiger partial charge in [-0.15, -0.1) is 0 Å². The molecule has 0 saturated carbocycles. The Morgan fingerprint density at radius 2 is 2.00 bits per heavy atom. The monoisotopic (exact) mass is 271 g/mol. The minimum Gasteiger partial charge on any atom is -0.334 e. The molecule has 0 saturated heterocycles. The first kappa shape index (κ1) is 13.5. The SMILES string of the molecule is CCCC(N)c1noc(-c2ccc(F)c(F)c2F)n1. The summed E-state index contributed by atoms with van der Waals surface area (Å²) in [4.78, 5) is 3.90. The number of nitrogens with zero attached hydrogens (tertiary/aromatic N) is 2. The Morgan fingerprint density at radius 1 is 1.26 bits per heavy atom. The van der Waals surface area contributed by atoms with E-state index in [4.69, 9.17) is 10.3 Å². The van der Waals surface area contributed by atoms with Crippen molar-refractivity contribution in [3.05, 3.63) is 35.4 Å². The van der Waals surface area contributed by atoms with Crippen LogP contribution in [-0.2, 0) is 0 Å². The molecule has 1 aromatic heterocycles. The molecule has 2 N–H and O–H groups in total. The van der Waals surface area contributed by atoms with E-state index in [9.17, 15) is 13.2 Å². The number of hydrogen-bond donors (Lipinski definition) is 1. The van der Waals surface area contributed by atoms with E-state index in [1.54, 1.807) is 0 Å². The van der Waals surface area contributed by atoms with Gasteiger partial charge in [0.2, 0.25) is 0 Å². The summed E-state index contributed by atoms with van der Waals surface area (Å²) in [5, 5.41) is 3.61. The van der Waals surface area contributed by atoms with Crippen molar-refractivity contribution in [2.45, 2.75) is 25.8 Å². The minimum atomic E-state index is -1.57. The van der Waals surface area contributed by atoms with Gasteiger partial charge in [0.25, 0.3) is 5.89 Å². The van der Waals surface area contributed by atoms with Gasteiger partial charge in [-0.05, 0) is 18.6 Å². The highest BCUT2D eigenvalue weighted by molar-refractivity contribution is 5.54. The Kier molecular flexibility index (Phi) is 3.84. The highest BCUT2D eigenvalue weighted by Crippen LogP contribution is 2.25. The summed E-state index contributed by atoms with van der Waals surface area (Å²) >= 11 is 0. The highest BCUT2D eigenvalue weighted by atomic mass is 19.2. The van der Waals surface area contributed by atoms with Gasteiger partial charge in [0.15, 0.2) is 23.3 Å². The van der Waals surface area contributed by atoms with Crippen molar-refractivity contribution < 1.29 is 17.7 Å². The quantitative estimate of drug-likeness (QED) is 0.868. The van der Waals surface area contributed by atoms with Crippen molar-refractivity contribution in [1.82, 2.24) is 10.1 Å². The molecule has 1 aromatic carbocycles. The van der Waals surface area contributed by atoms with E-state index in [2.05, 4.69) is 10.1 Å². The minimum absolute atomic E-state index is 0.209. The van der Waals surface area contributed by atoms with Gasteiger partial charge in [-0.3, -0.25) is 0 Å². The summed E-state index contributed by atoms with van der Waals surface area (Å²) < 4.78 is 44.3. The molecule has 7 heteroatoms. The summed E-state index contributed by atoms with van der Waals surface area (Å²) in [7, 11) is 0. The second kappa shape index (κ2) is 5.40. The molecule has 0 amide bonds. The standard InChI is InChI=1S/C12H12F3N3O/c1-2-3-8(16)11-17-12(19-18-11)6-4-5-7(13)10(15)9(6)14/h4-5,8H,2-3,16H2,1H3. The van der Waals surface area contributed by atoms with Crippen LogP contribution in [0.25, 0.3) is 11.5 Å². The third-order valence-electron chi connectivity index (χ3n) is 2.64. The first-order valence-electron chi connectivity index (χ1n) is 5.77. The van der Waals surface area contributed by atoms with Crippen molar-refractivity contribution in [2.24, 2.45) is 5.73 Å². The average molecular weight is 271 g/mol. The molecule has 2 aromatic rings. The summed E-state index contributed by atoms with van der Waals surface area (Å²) in [6.07, 6.45) is 1.46. The van der Waals surface area contributed by atoms with Crippen LogP contribution in [0.1, 0.15) is 31.6 Å². The van der Waals surface area contributed by atoms with E-state index < -0.39 is 23.5 Å². The van der Waals surface area contributed by atoms with Crippen LogP contribution < -0.4 is 5.73 Å². The van der Waals surface area contributed by atoms with E-state index in [1.807, 2.05) is 6.92 Å². The zero-order chi connectivity index (χ0) is 14.0. The lowest BCUT2D eigenvalue weighted by Crippen LogP contribution is -2.11. The summed E-state index contributed by atoms with van der Waals surface area (Å²) in [6.45, 7) is 1.94. The smallest absolute Gasteiger partial charge is 0.261 e. The van der Waals surface area contributed by atoms with Crippen LogP contribution in [0.5, 0.6) is 0 Å². The fourth-order valence-corrected chi connectivity index (χ4v) is 1.63. The molecule has 4 nitrogen and oxygen atoms in total. The molecule has 0 radical (unpaired) electrons. The first-order valence-corrected chi connectivity index (χ1v) is 5.77. The van der Waals surface area contributed by atoms with Gasteiger partial charge in [0.1, 0.15) is 0 Å². The largest absolute Gasteiger partial charge is 0.334 e.